The van der Waals surface area contributed by atoms with E-state index >= 15 is 0 Å². The molecule has 2 aromatic rings. The standard InChI is InChI=1S/C9H8N2O3/c1-13-7-4-2-3-6(5-7)8-10-9(12)14-11-8/h2-5H,1H3,(H,10,11,12). The molecule has 0 amide bonds. The fraction of sp³-hybridized carbons (Fsp3) is 0.111. The fourth-order valence-corrected chi connectivity index (χ4v) is 1.12. The Hall–Kier alpha value is -2.04. The lowest BCUT2D eigenvalue weighted by Gasteiger charge is -1.99. The first-order valence-electron chi connectivity index (χ1n) is 4.00. The SMILES string of the molecule is COc1cccc(-c2noc(=O)[nH]2)c1. The maximum Gasteiger partial charge on any atom is 0.439 e. The van der Waals surface area contributed by atoms with E-state index in [1.54, 1.807) is 25.3 Å². The number of aromatic amines is 1. The molecule has 0 aliphatic rings. The van der Waals surface area contributed by atoms with Crippen LogP contribution in [-0.4, -0.2) is 17.3 Å². The molecule has 1 N–H and O–H groups in total. The molecule has 0 radical (unpaired) electrons. The van der Waals surface area contributed by atoms with E-state index in [0.717, 1.165) is 5.56 Å². The van der Waals surface area contributed by atoms with Crippen LogP contribution in [0.2, 0.25) is 0 Å². The highest BCUT2D eigenvalue weighted by atomic mass is 16.5. The van der Waals surface area contributed by atoms with Crippen LogP contribution in [0.15, 0.2) is 33.6 Å². The molecule has 0 atom stereocenters. The predicted molar refractivity (Wildman–Crippen MR) is 49.1 cm³/mol. The van der Waals surface area contributed by atoms with Crippen LogP contribution in [0.5, 0.6) is 5.75 Å². The number of nitrogens with zero attached hydrogens (tertiary/aromatic N) is 1. The van der Waals surface area contributed by atoms with Gasteiger partial charge in [-0.25, -0.2) is 4.79 Å². The molecular formula is C9H8N2O3. The Morgan fingerprint density at radius 1 is 1.50 bits per heavy atom. The van der Waals surface area contributed by atoms with Gasteiger partial charge in [0.15, 0.2) is 5.82 Å². The van der Waals surface area contributed by atoms with Crippen molar-refractivity contribution >= 4 is 0 Å². The topological polar surface area (TPSA) is 68.1 Å². The van der Waals surface area contributed by atoms with E-state index in [0.29, 0.717) is 11.6 Å². The first kappa shape index (κ1) is 8.55. The van der Waals surface area contributed by atoms with Crippen molar-refractivity contribution in [3.8, 4) is 17.1 Å². The maximum atomic E-state index is 10.7. The van der Waals surface area contributed by atoms with Crippen LogP contribution in [0.1, 0.15) is 0 Å². The van der Waals surface area contributed by atoms with Crippen molar-refractivity contribution in [3.63, 3.8) is 0 Å². The number of aromatic nitrogens is 2. The third-order valence-electron chi connectivity index (χ3n) is 1.78. The zero-order valence-corrected chi connectivity index (χ0v) is 7.48. The van der Waals surface area contributed by atoms with Gasteiger partial charge in [0.25, 0.3) is 0 Å². The van der Waals surface area contributed by atoms with E-state index in [-0.39, 0.29) is 0 Å². The van der Waals surface area contributed by atoms with Crippen molar-refractivity contribution in [3.05, 3.63) is 34.8 Å². The summed E-state index contributed by atoms with van der Waals surface area (Å²) < 4.78 is 9.42. The van der Waals surface area contributed by atoms with Gasteiger partial charge in [-0.1, -0.05) is 17.3 Å². The predicted octanol–water partition coefficient (Wildman–Crippen LogP) is 1.04. The monoisotopic (exact) mass is 192 g/mol. The van der Waals surface area contributed by atoms with Crippen LogP contribution in [0, 0.1) is 0 Å². The number of hydrogen-bond donors (Lipinski definition) is 1. The second kappa shape index (κ2) is 3.37. The number of hydrogen-bond acceptors (Lipinski definition) is 4. The lowest BCUT2D eigenvalue weighted by Crippen LogP contribution is -1.94. The lowest BCUT2D eigenvalue weighted by molar-refractivity contribution is 0.388. The first-order chi connectivity index (χ1) is 6.79. The van der Waals surface area contributed by atoms with Gasteiger partial charge in [0.05, 0.1) is 7.11 Å². The van der Waals surface area contributed by atoms with E-state index in [1.165, 1.54) is 0 Å². The second-order valence-corrected chi connectivity index (χ2v) is 2.68. The highest BCUT2D eigenvalue weighted by molar-refractivity contribution is 5.56. The molecule has 2 rings (SSSR count). The number of H-pyrrole nitrogens is 1. The summed E-state index contributed by atoms with van der Waals surface area (Å²) in [6.45, 7) is 0. The zero-order valence-electron chi connectivity index (χ0n) is 7.48. The molecule has 1 aromatic carbocycles. The maximum absolute atomic E-state index is 10.7. The number of nitrogens with one attached hydrogen (secondary N) is 1. The Balaban J connectivity index is 2.46. The van der Waals surface area contributed by atoms with Gasteiger partial charge in [0, 0.05) is 5.56 Å². The van der Waals surface area contributed by atoms with Crippen LogP contribution in [-0.2, 0) is 0 Å². The zero-order chi connectivity index (χ0) is 9.97. The highest BCUT2D eigenvalue weighted by Gasteiger charge is 2.04. The van der Waals surface area contributed by atoms with Crippen molar-refractivity contribution in [2.75, 3.05) is 7.11 Å². The van der Waals surface area contributed by atoms with Crippen LogP contribution in [0.3, 0.4) is 0 Å². The van der Waals surface area contributed by atoms with Crippen LogP contribution in [0.4, 0.5) is 0 Å². The average Bonchev–Trinajstić information content (AvgIpc) is 2.65. The van der Waals surface area contributed by atoms with Gasteiger partial charge < -0.3 is 4.74 Å². The summed E-state index contributed by atoms with van der Waals surface area (Å²) in [6, 6.07) is 7.17. The summed E-state index contributed by atoms with van der Waals surface area (Å²) in [7, 11) is 1.57. The largest absolute Gasteiger partial charge is 0.497 e. The van der Waals surface area contributed by atoms with Crippen molar-refractivity contribution in [1.29, 1.82) is 0 Å². The quantitative estimate of drug-likeness (QED) is 0.771. The molecule has 0 aliphatic carbocycles. The van der Waals surface area contributed by atoms with Crippen LogP contribution < -0.4 is 10.5 Å². The highest BCUT2D eigenvalue weighted by Crippen LogP contribution is 2.19. The third-order valence-corrected chi connectivity index (χ3v) is 1.78. The van der Waals surface area contributed by atoms with Crippen LogP contribution in [0.25, 0.3) is 11.4 Å². The van der Waals surface area contributed by atoms with Crippen LogP contribution >= 0.6 is 0 Å². The minimum atomic E-state index is -0.567. The van der Waals surface area contributed by atoms with Gasteiger partial charge >= 0.3 is 5.76 Å². The minimum Gasteiger partial charge on any atom is -0.497 e. The van der Waals surface area contributed by atoms with Crippen molar-refractivity contribution < 1.29 is 9.26 Å². The van der Waals surface area contributed by atoms with Crippen molar-refractivity contribution in [2.24, 2.45) is 0 Å². The molecule has 0 bridgehead atoms. The Morgan fingerprint density at radius 2 is 2.36 bits per heavy atom. The summed E-state index contributed by atoms with van der Waals surface area (Å²) in [5, 5.41) is 3.56. The summed E-state index contributed by atoms with van der Waals surface area (Å²) >= 11 is 0. The van der Waals surface area contributed by atoms with Gasteiger partial charge in [-0.3, -0.25) is 9.51 Å². The minimum absolute atomic E-state index is 0.397. The Morgan fingerprint density at radius 3 is 3.00 bits per heavy atom. The normalized spacial score (nSPS) is 10.1. The smallest absolute Gasteiger partial charge is 0.439 e. The molecule has 0 saturated carbocycles. The van der Waals surface area contributed by atoms with Gasteiger partial charge in [-0.2, -0.15) is 0 Å². The van der Waals surface area contributed by atoms with Gasteiger partial charge in [0.2, 0.25) is 0 Å². The molecular weight excluding hydrogens is 184 g/mol. The average molecular weight is 192 g/mol. The van der Waals surface area contributed by atoms with Gasteiger partial charge in [0.1, 0.15) is 5.75 Å². The molecule has 0 spiro atoms. The first-order valence-corrected chi connectivity index (χ1v) is 4.00. The fourth-order valence-electron chi connectivity index (χ4n) is 1.12. The Labute approximate surface area is 79.3 Å². The van der Waals surface area contributed by atoms with E-state index in [9.17, 15) is 4.79 Å². The molecule has 72 valence electrons. The van der Waals surface area contributed by atoms with Crippen molar-refractivity contribution in [2.45, 2.75) is 0 Å². The molecule has 5 heteroatoms. The molecule has 0 saturated heterocycles. The number of rotatable bonds is 2. The number of ether oxygens (including phenoxy) is 1. The van der Waals surface area contributed by atoms with Gasteiger partial charge in [-0.05, 0) is 12.1 Å². The Bertz CT molecular complexity index is 487. The number of methoxy groups -OCH3 is 1. The molecule has 0 fully saturated rings. The molecule has 5 nitrogen and oxygen atoms in total. The summed E-state index contributed by atoms with van der Waals surface area (Å²) in [6.07, 6.45) is 0. The van der Waals surface area contributed by atoms with E-state index in [1.807, 2.05) is 6.07 Å². The second-order valence-electron chi connectivity index (χ2n) is 2.68. The summed E-state index contributed by atoms with van der Waals surface area (Å²) in [5.41, 5.74) is 0.746. The molecule has 0 unspecified atom stereocenters. The Kier molecular flexibility index (Phi) is 2.06. The molecule has 14 heavy (non-hydrogen) atoms. The molecule has 1 heterocycles. The van der Waals surface area contributed by atoms with Gasteiger partial charge in [-0.15, -0.1) is 0 Å². The van der Waals surface area contributed by atoms with E-state index in [4.69, 9.17) is 4.74 Å². The van der Waals surface area contributed by atoms with Crippen molar-refractivity contribution in [1.82, 2.24) is 10.1 Å². The summed E-state index contributed by atoms with van der Waals surface area (Å²) in [5.74, 6) is 0.531. The summed E-state index contributed by atoms with van der Waals surface area (Å²) in [4.78, 5) is 13.2. The third kappa shape index (κ3) is 1.52. The molecule has 0 aliphatic heterocycles. The lowest BCUT2D eigenvalue weighted by atomic mass is 10.2. The molecule has 1 aromatic heterocycles. The van der Waals surface area contributed by atoms with E-state index in [2.05, 4.69) is 14.7 Å². The number of benzene rings is 1. The van der Waals surface area contributed by atoms with E-state index < -0.39 is 5.76 Å².